The molecular formula is C16H17F2NO2. The maximum Gasteiger partial charge on any atom is 0.165 e. The lowest BCUT2D eigenvalue weighted by Crippen LogP contribution is -2.09. The number of halogens is 2. The molecule has 0 saturated carbocycles. The Kier molecular flexibility index (Phi) is 4.62. The van der Waals surface area contributed by atoms with E-state index in [9.17, 15) is 8.78 Å². The smallest absolute Gasteiger partial charge is 0.165 e. The van der Waals surface area contributed by atoms with Crippen LogP contribution in [0.25, 0.3) is 0 Å². The summed E-state index contributed by atoms with van der Waals surface area (Å²) >= 11 is 0. The van der Waals surface area contributed by atoms with Crippen molar-refractivity contribution in [2.75, 3.05) is 19.5 Å². The van der Waals surface area contributed by atoms with Crippen molar-refractivity contribution in [3.8, 4) is 11.5 Å². The normalized spacial score (nSPS) is 11.9. The van der Waals surface area contributed by atoms with Gasteiger partial charge in [0.2, 0.25) is 0 Å². The van der Waals surface area contributed by atoms with Crippen molar-refractivity contribution in [3.05, 3.63) is 53.6 Å². The molecule has 0 radical (unpaired) electrons. The van der Waals surface area contributed by atoms with Crippen molar-refractivity contribution in [2.24, 2.45) is 0 Å². The minimum absolute atomic E-state index is 0.141. The van der Waals surface area contributed by atoms with Crippen LogP contribution >= 0.6 is 0 Å². The molecule has 0 aliphatic heterocycles. The summed E-state index contributed by atoms with van der Waals surface area (Å²) in [5, 5.41) is 3.11. The highest BCUT2D eigenvalue weighted by Crippen LogP contribution is 2.27. The van der Waals surface area contributed by atoms with Gasteiger partial charge in [-0.2, -0.15) is 0 Å². The SMILES string of the molecule is COc1ccc(C(C)Nc2ccc(F)c(OC)c2)c(F)c1. The van der Waals surface area contributed by atoms with Crippen LogP contribution in [-0.4, -0.2) is 14.2 Å². The standard InChI is InChI=1S/C16H17F2NO2/c1-10(13-6-5-12(20-2)9-15(13)18)19-11-4-7-14(17)16(8-11)21-3/h4-10,19H,1-3H3. The van der Waals surface area contributed by atoms with Gasteiger partial charge in [-0.3, -0.25) is 0 Å². The highest BCUT2D eigenvalue weighted by atomic mass is 19.1. The van der Waals surface area contributed by atoms with Gasteiger partial charge in [0, 0.05) is 23.4 Å². The Morgan fingerprint density at radius 2 is 1.71 bits per heavy atom. The Morgan fingerprint density at radius 1 is 0.952 bits per heavy atom. The molecule has 0 saturated heterocycles. The van der Waals surface area contributed by atoms with Crippen molar-refractivity contribution in [3.63, 3.8) is 0 Å². The third kappa shape index (κ3) is 3.42. The molecule has 2 rings (SSSR count). The Bertz CT molecular complexity index is 632. The van der Waals surface area contributed by atoms with E-state index >= 15 is 0 Å². The summed E-state index contributed by atoms with van der Waals surface area (Å²) in [7, 11) is 2.88. The van der Waals surface area contributed by atoms with E-state index in [4.69, 9.17) is 9.47 Å². The zero-order chi connectivity index (χ0) is 15.4. The first-order chi connectivity index (χ1) is 10.0. The van der Waals surface area contributed by atoms with E-state index in [-0.39, 0.29) is 17.6 Å². The lowest BCUT2D eigenvalue weighted by atomic mass is 10.1. The molecule has 0 aromatic heterocycles. The molecule has 0 aliphatic rings. The third-order valence-electron chi connectivity index (χ3n) is 3.21. The summed E-state index contributed by atoms with van der Waals surface area (Å²) in [6.45, 7) is 1.82. The Hall–Kier alpha value is -2.30. The summed E-state index contributed by atoms with van der Waals surface area (Å²) < 4.78 is 37.2. The quantitative estimate of drug-likeness (QED) is 0.898. The van der Waals surface area contributed by atoms with Gasteiger partial charge < -0.3 is 14.8 Å². The van der Waals surface area contributed by atoms with E-state index in [1.165, 1.54) is 32.4 Å². The molecule has 5 heteroatoms. The molecule has 0 aliphatic carbocycles. The van der Waals surface area contributed by atoms with E-state index in [1.807, 2.05) is 6.92 Å². The van der Waals surface area contributed by atoms with Gasteiger partial charge in [0.1, 0.15) is 11.6 Å². The fraction of sp³-hybridized carbons (Fsp3) is 0.250. The average molecular weight is 293 g/mol. The molecule has 0 amide bonds. The number of rotatable bonds is 5. The van der Waals surface area contributed by atoms with E-state index in [1.54, 1.807) is 18.2 Å². The van der Waals surface area contributed by atoms with Crippen LogP contribution < -0.4 is 14.8 Å². The van der Waals surface area contributed by atoms with E-state index in [2.05, 4.69) is 5.32 Å². The average Bonchev–Trinajstić information content (AvgIpc) is 2.48. The summed E-state index contributed by atoms with van der Waals surface area (Å²) in [5.74, 6) is -0.191. The lowest BCUT2D eigenvalue weighted by Gasteiger charge is -2.17. The van der Waals surface area contributed by atoms with Crippen LogP contribution in [0.5, 0.6) is 11.5 Å². The van der Waals surface area contributed by atoms with E-state index in [0.717, 1.165) is 0 Å². The topological polar surface area (TPSA) is 30.5 Å². The monoisotopic (exact) mass is 293 g/mol. The fourth-order valence-electron chi connectivity index (χ4n) is 2.06. The zero-order valence-corrected chi connectivity index (χ0v) is 12.1. The van der Waals surface area contributed by atoms with Crippen molar-refractivity contribution in [2.45, 2.75) is 13.0 Å². The first-order valence-corrected chi connectivity index (χ1v) is 6.48. The molecule has 1 atom stereocenters. The lowest BCUT2D eigenvalue weighted by molar-refractivity contribution is 0.386. The minimum atomic E-state index is -0.439. The summed E-state index contributed by atoms with van der Waals surface area (Å²) in [5.41, 5.74) is 1.15. The van der Waals surface area contributed by atoms with Crippen LogP contribution in [0.2, 0.25) is 0 Å². The molecule has 112 valence electrons. The number of ether oxygens (including phenoxy) is 2. The second-order valence-corrected chi connectivity index (χ2v) is 4.60. The number of nitrogens with one attached hydrogen (secondary N) is 1. The molecule has 1 unspecified atom stereocenters. The second-order valence-electron chi connectivity index (χ2n) is 4.60. The third-order valence-corrected chi connectivity index (χ3v) is 3.21. The molecule has 2 aromatic carbocycles. The van der Waals surface area contributed by atoms with Crippen LogP contribution in [-0.2, 0) is 0 Å². The van der Waals surface area contributed by atoms with Crippen LogP contribution in [0, 0.1) is 11.6 Å². The molecule has 0 fully saturated rings. The maximum atomic E-state index is 14.0. The molecule has 1 N–H and O–H groups in total. The van der Waals surface area contributed by atoms with Gasteiger partial charge in [-0.25, -0.2) is 8.78 Å². The Morgan fingerprint density at radius 3 is 2.33 bits per heavy atom. The van der Waals surface area contributed by atoms with Crippen LogP contribution in [0.1, 0.15) is 18.5 Å². The van der Waals surface area contributed by atoms with Gasteiger partial charge in [0.15, 0.2) is 11.6 Å². The highest BCUT2D eigenvalue weighted by Gasteiger charge is 2.13. The second kappa shape index (κ2) is 6.43. The Balaban J connectivity index is 2.19. The molecule has 21 heavy (non-hydrogen) atoms. The summed E-state index contributed by atoms with van der Waals surface area (Å²) in [4.78, 5) is 0. The number of anilines is 1. The predicted octanol–water partition coefficient (Wildman–Crippen LogP) is 4.16. The van der Waals surface area contributed by atoms with Gasteiger partial charge in [-0.15, -0.1) is 0 Å². The number of hydrogen-bond acceptors (Lipinski definition) is 3. The largest absolute Gasteiger partial charge is 0.497 e. The van der Waals surface area contributed by atoms with Crippen molar-refractivity contribution < 1.29 is 18.3 Å². The van der Waals surface area contributed by atoms with Gasteiger partial charge in [-0.05, 0) is 25.1 Å². The Labute approximate surface area is 122 Å². The molecule has 3 nitrogen and oxygen atoms in total. The maximum absolute atomic E-state index is 14.0. The predicted molar refractivity (Wildman–Crippen MR) is 77.9 cm³/mol. The molecule has 2 aromatic rings. The van der Waals surface area contributed by atoms with Gasteiger partial charge >= 0.3 is 0 Å². The number of hydrogen-bond donors (Lipinski definition) is 1. The van der Waals surface area contributed by atoms with Crippen LogP contribution in [0.15, 0.2) is 36.4 Å². The minimum Gasteiger partial charge on any atom is -0.497 e. The first-order valence-electron chi connectivity index (χ1n) is 6.48. The van der Waals surface area contributed by atoms with Crippen molar-refractivity contribution in [1.29, 1.82) is 0 Å². The molecule has 0 heterocycles. The fourth-order valence-corrected chi connectivity index (χ4v) is 2.06. The highest BCUT2D eigenvalue weighted by molar-refractivity contribution is 5.50. The van der Waals surface area contributed by atoms with Gasteiger partial charge in [0.25, 0.3) is 0 Å². The van der Waals surface area contributed by atoms with E-state index < -0.39 is 5.82 Å². The van der Waals surface area contributed by atoms with Gasteiger partial charge in [0.05, 0.1) is 20.3 Å². The van der Waals surface area contributed by atoms with Gasteiger partial charge in [-0.1, -0.05) is 6.07 Å². The first kappa shape index (κ1) is 15.1. The van der Waals surface area contributed by atoms with E-state index in [0.29, 0.717) is 17.0 Å². The molecule has 0 bridgehead atoms. The summed E-state index contributed by atoms with van der Waals surface area (Å²) in [6, 6.07) is 8.82. The molecule has 0 spiro atoms. The van der Waals surface area contributed by atoms with Crippen LogP contribution in [0.4, 0.5) is 14.5 Å². The van der Waals surface area contributed by atoms with Crippen molar-refractivity contribution >= 4 is 5.69 Å². The van der Waals surface area contributed by atoms with Crippen molar-refractivity contribution in [1.82, 2.24) is 0 Å². The summed E-state index contributed by atoms with van der Waals surface area (Å²) in [6.07, 6.45) is 0. The number of benzene rings is 2. The molecular weight excluding hydrogens is 276 g/mol. The zero-order valence-electron chi connectivity index (χ0n) is 12.1. The number of methoxy groups -OCH3 is 2. The van der Waals surface area contributed by atoms with Crippen LogP contribution in [0.3, 0.4) is 0 Å².